The van der Waals surface area contributed by atoms with E-state index < -0.39 is 0 Å². The van der Waals surface area contributed by atoms with Gasteiger partial charge in [0.1, 0.15) is 5.75 Å². The van der Waals surface area contributed by atoms with E-state index in [2.05, 4.69) is 10.6 Å². The van der Waals surface area contributed by atoms with Crippen LogP contribution in [0.15, 0.2) is 24.3 Å². The Kier molecular flexibility index (Phi) is 4.68. The van der Waals surface area contributed by atoms with Crippen LogP contribution in [0.1, 0.15) is 26.2 Å². The molecule has 1 aromatic rings. The molecule has 0 spiro atoms. The van der Waals surface area contributed by atoms with Crippen molar-refractivity contribution in [1.29, 1.82) is 0 Å². The zero-order valence-electron chi connectivity index (χ0n) is 14.8. The number of hydrogen-bond donors (Lipinski definition) is 2. The van der Waals surface area contributed by atoms with Crippen LogP contribution in [0.4, 0.5) is 0 Å². The summed E-state index contributed by atoms with van der Waals surface area (Å²) < 4.78 is 5.46. The molecule has 4 rings (SSSR count). The number of nitrogens with one attached hydrogen (secondary N) is 2. The Morgan fingerprint density at radius 2 is 1.72 bits per heavy atom. The summed E-state index contributed by atoms with van der Waals surface area (Å²) in [5, 5.41) is 6.79. The molecule has 3 fully saturated rings. The Morgan fingerprint density at radius 3 is 2.28 bits per heavy atom. The van der Waals surface area contributed by atoms with Crippen LogP contribution in [-0.4, -0.2) is 54.5 Å². The van der Waals surface area contributed by atoms with Gasteiger partial charge >= 0.3 is 0 Å². The number of rotatable bonds is 7. The van der Waals surface area contributed by atoms with Gasteiger partial charge in [0, 0.05) is 16.1 Å². The highest BCUT2D eigenvalue weighted by Gasteiger charge is 2.69. The lowest BCUT2D eigenvalue weighted by molar-refractivity contribution is -0.152. The molecule has 7 heteroatoms. The van der Waals surface area contributed by atoms with Crippen molar-refractivity contribution in [3.8, 4) is 5.75 Å². The maximum Gasteiger partial charge on any atom is 0.258 e. The number of hydrogen-bond acceptors (Lipinski definition) is 4. The minimum Gasteiger partial charge on any atom is -0.484 e. The molecule has 0 radical (unpaired) electrons. The highest BCUT2D eigenvalue weighted by atomic mass is 35.5. The highest BCUT2D eigenvalue weighted by Crippen LogP contribution is 2.60. The Bertz CT molecular complexity index is 655. The number of carbonyl (C=O) groups excluding carboxylic acids is 2. The van der Waals surface area contributed by atoms with Crippen molar-refractivity contribution < 1.29 is 14.3 Å². The van der Waals surface area contributed by atoms with Crippen LogP contribution in [0, 0.1) is 0 Å². The molecule has 0 heterocycles. The normalized spacial score (nSPS) is 27.7. The van der Waals surface area contributed by atoms with E-state index in [0.29, 0.717) is 10.8 Å². The second-order valence-corrected chi connectivity index (χ2v) is 7.95. The zero-order valence-corrected chi connectivity index (χ0v) is 15.5. The number of halogens is 1. The van der Waals surface area contributed by atoms with Crippen LogP contribution in [0.25, 0.3) is 0 Å². The second kappa shape index (κ2) is 6.50. The largest absolute Gasteiger partial charge is 0.484 e. The van der Waals surface area contributed by atoms with E-state index in [-0.39, 0.29) is 35.5 Å². The minimum atomic E-state index is -0.172. The fourth-order valence-corrected chi connectivity index (χ4v) is 3.79. The van der Waals surface area contributed by atoms with E-state index in [4.69, 9.17) is 16.3 Å². The van der Waals surface area contributed by atoms with Crippen molar-refractivity contribution in [3.63, 3.8) is 0 Å². The van der Waals surface area contributed by atoms with E-state index in [0.717, 1.165) is 19.3 Å². The number of nitrogens with zero attached hydrogens (tertiary/aromatic N) is 1. The standard InChI is InChI=1S/C18H24ClN3O3/c1-12(22(2)3)16(24)21-18-9-17(10-18,11-18)20-15(23)8-25-14-6-4-13(19)5-7-14/h4-7,12H,8-11H2,1-3H3,(H,20,23)(H,21,24)/t12-,17?,18?/m1/s1. The van der Waals surface area contributed by atoms with Gasteiger partial charge in [0.2, 0.25) is 5.91 Å². The number of amides is 2. The van der Waals surface area contributed by atoms with Gasteiger partial charge in [-0.3, -0.25) is 14.5 Å². The summed E-state index contributed by atoms with van der Waals surface area (Å²) in [4.78, 5) is 26.1. The summed E-state index contributed by atoms with van der Waals surface area (Å²) in [6, 6.07) is 6.74. The van der Waals surface area contributed by atoms with Crippen molar-refractivity contribution in [1.82, 2.24) is 15.5 Å². The molecular weight excluding hydrogens is 342 g/mol. The van der Waals surface area contributed by atoms with Gasteiger partial charge in [0.05, 0.1) is 6.04 Å². The number of ether oxygens (including phenoxy) is 1. The van der Waals surface area contributed by atoms with Crippen molar-refractivity contribution in [2.75, 3.05) is 20.7 Å². The fourth-order valence-electron chi connectivity index (χ4n) is 3.66. The molecule has 0 saturated heterocycles. The first-order chi connectivity index (χ1) is 11.7. The molecule has 25 heavy (non-hydrogen) atoms. The Hall–Kier alpha value is -1.79. The SMILES string of the molecule is C[C@H](C(=O)NC12CC(NC(=O)COc3ccc(Cl)cc3)(C1)C2)N(C)C. The number of benzene rings is 1. The highest BCUT2D eigenvalue weighted by molar-refractivity contribution is 6.30. The van der Waals surface area contributed by atoms with Crippen LogP contribution in [0.3, 0.4) is 0 Å². The third kappa shape index (κ3) is 3.75. The van der Waals surface area contributed by atoms with Gasteiger partial charge in [0.15, 0.2) is 6.61 Å². The molecule has 3 aliphatic carbocycles. The van der Waals surface area contributed by atoms with Crippen molar-refractivity contribution >= 4 is 23.4 Å². The van der Waals surface area contributed by atoms with Crippen molar-refractivity contribution in [2.45, 2.75) is 43.3 Å². The number of carbonyl (C=O) groups is 2. The van der Waals surface area contributed by atoms with Crippen LogP contribution in [0.5, 0.6) is 5.75 Å². The lowest BCUT2D eigenvalue weighted by atomic mass is 9.44. The van der Waals surface area contributed by atoms with Crippen LogP contribution in [-0.2, 0) is 9.59 Å². The van der Waals surface area contributed by atoms with Crippen LogP contribution in [0.2, 0.25) is 5.02 Å². The van der Waals surface area contributed by atoms with Gasteiger partial charge < -0.3 is 15.4 Å². The summed E-state index contributed by atoms with van der Waals surface area (Å²) in [6.45, 7) is 1.85. The topological polar surface area (TPSA) is 70.7 Å². The third-order valence-corrected chi connectivity index (χ3v) is 5.41. The average Bonchev–Trinajstić information content (AvgIpc) is 2.50. The Morgan fingerprint density at radius 1 is 1.16 bits per heavy atom. The molecule has 2 amide bonds. The fraction of sp³-hybridized carbons (Fsp3) is 0.556. The summed E-state index contributed by atoms with van der Waals surface area (Å²) in [6.07, 6.45) is 2.37. The maximum absolute atomic E-state index is 12.2. The molecule has 0 aliphatic heterocycles. The van der Waals surface area contributed by atoms with E-state index >= 15 is 0 Å². The van der Waals surface area contributed by atoms with E-state index in [1.54, 1.807) is 24.3 Å². The molecule has 3 saturated carbocycles. The van der Waals surface area contributed by atoms with E-state index in [1.165, 1.54) is 0 Å². The molecule has 136 valence electrons. The van der Waals surface area contributed by atoms with E-state index in [1.807, 2.05) is 25.9 Å². The van der Waals surface area contributed by atoms with Gasteiger partial charge in [0.25, 0.3) is 5.91 Å². The van der Waals surface area contributed by atoms with Crippen molar-refractivity contribution in [3.05, 3.63) is 29.3 Å². The lowest BCUT2D eigenvalue weighted by Gasteiger charge is -2.70. The summed E-state index contributed by atoms with van der Waals surface area (Å²) in [5.74, 6) is 0.505. The molecular formula is C18H24ClN3O3. The Labute approximate surface area is 152 Å². The van der Waals surface area contributed by atoms with Gasteiger partial charge in [-0.05, 0) is 64.5 Å². The predicted octanol–water partition coefficient (Wildman–Crippen LogP) is 1.58. The average molecular weight is 366 g/mol. The summed E-state index contributed by atoms with van der Waals surface area (Å²) in [5.41, 5.74) is -0.305. The van der Waals surface area contributed by atoms with Gasteiger partial charge in [-0.1, -0.05) is 11.6 Å². The zero-order chi connectivity index (χ0) is 18.2. The molecule has 0 unspecified atom stereocenters. The predicted molar refractivity (Wildman–Crippen MR) is 95.7 cm³/mol. The third-order valence-electron chi connectivity index (χ3n) is 5.16. The monoisotopic (exact) mass is 365 g/mol. The van der Waals surface area contributed by atoms with Gasteiger partial charge in [-0.15, -0.1) is 0 Å². The number of likely N-dealkylation sites (N-methyl/N-ethyl adjacent to an activating group) is 1. The molecule has 1 aromatic carbocycles. The molecule has 6 nitrogen and oxygen atoms in total. The van der Waals surface area contributed by atoms with Crippen molar-refractivity contribution in [2.24, 2.45) is 0 Å². The lowest BCUT2D eigenvalue weighted by Crippen LogP contribution is -2.84. The minimum absolute atomic E-state index is 0.0274. The molecule has 2 N–H and O–H groups in total. The van der Waals surface area contributed by atoms with Gasteiger partial charge in [-0.2, -0.15) is 0 Å². The first-order valence-electron chi connectivity index (χ1n) is 8.40. The maximum atomic E-state index is 12.2. The van der Waals surface area contributed by atoms with Crippen LogP contribution < -0.4 is 15.4 Å². The van der Waals surface area contributed by atoms with E-state index in [9.17, 15) is 9.59 Å². The quantitative estimate of drug-likeness (QED) is 0.769. The summed E-state index contributed by atoms with van der Waals surface area (Å²) in [7, 11) is 3.77. The molecule has 2 bridgehead atoms. The second-order valence-electron chi connectivity index (χ2n) is 7.51. The molecule has 3 aliphatic rings. The van der Waals surface area contributed by atoms with Gasteiger partial charge in [-0.25, -0.2) is 0 Å². The first-order valence-corrected chi connectivity index (χ1v) is 8.78. The molecule has 0 aromatic heterocycles. The smallest absolute Gasteiger partial charge is 0.258 e. The molecule has 1 atom stereocenters. The summed E-state index contributed by atoms with van der Waals surface area (Å²) >= 11 is 5.81. The van der Waals surface area contributed by atoms with Crippen LogP contribution >= 0.6 is 11.6 Å². The first kappa shape index (κ1) is 18.0. The Balaban J connectivity index is 1.41.